The van der Waals surface area contributed by atoms with Crippen molar-refractivity contribution in [3.05, 3.63) is 47.0 Å². The van der Waals surface area contributed by atoms with Crippen LogP contribution in [0.15, 0.2) is 30.3 Å². The zero-order valence-electron chi connectivity index (χ0n) is 15.9. The van der Waals surface area contributed by atoms with Crippen molar-refractivity contribution < 1.29 is 18.9 Å². The van der Waals surface area contributed by atoms with Crippen molar-refractivity contribution in [3.8, 4) is 23.0 Å². The number of hydrogen-bond donors (Lipinski definition) is 0. The Hall–Kier alpha value is -2.40. The molecular formula is C22H25NO4. The smallest absolute Gasteiger partial charge is 0.231 e. The van der Waals surface area contributed by atoms with Crippen LogP contribution in [0.5, 0.6) is 23.0 Å². The molecule has 0 aliphatic carbocycles. The molecule has 0 aromatic heterocycles. The minimum Gasteiger partial charge on any atom is -0.493 e. The Morgan fingerprint density at radius 3 is 2.59 bits per heavy atom. The van der Waals surface area contributed by atoms with Crippen molar-refractivity contribution in [3.63, 3.8) is 0 Å². The summed E-state index contributed by atoms with van der Waals surface area (Å²) >= 11 is 0. The van der Waals surface area contributed by atoms with E-state index in [4.69, 9.17) is 18.9 Å². The molecule has 5 heteroatoms. The number of hydrogen-bond acceptors (Lipinski definition) is 5. The molecule has 0 unspecified atom stereocenters. The lowest BCUT2D eigenvalue weighted by molar-refractivity contribution is 0.0999. The number of ether oxygens (including phenoxy) is 4. The second-order valence-corrected chi connectivity index (χ2v) is 7.51. The number of fused-ring (bicyclic) bond motifs is 3. The summed E-state index contributed by atoms with van der Waals surface area (Å²) in [6.45, 7) is 1.43. The molecule has 0 spiro atoms. The highest BCUT2D eigenvalue weighted by atomic mass is 16.7. The molecular weight excluding hydrogens is 342 g/mol. The molecule has 0 saturated carbocycles. The van der Waals surface area contributed by atoms with Crippen LogP contribution < -0.4 is 18.9 Å². The van der Waals surface area contributed by atoms with Gasteiger partial charge in [-0.2, -0.15) is 0 Å². The second-order valence-electron chi connectivity index (χ2n) is 7.51. The summed E-state index contributed by atoms with van der Waals surface area (Å²) in [6, 6.07) is 11.4. The molecule has 1 fully saturated rings. The topological polar surface area (TPSA) is 40.2 Å². The van der Waals surface area contributed by atoms with E-state index in [-0.39, 0.29) is 6.04 Å². The summed E-state index contributed by atoms with van der Waals surface area (Å²) in [7, 11) is 3.37. The minimum absolute atomic E-state index is 0.202. The average Bonchev–Trinajstić information content (AvgIpc) is 3.17. The van der Waals surface area contributed by atoms with Gasteiger partial charge in [-0.15, -0.1) is 0 Å². The minimum atomic E-state index is 0.202. The van der Waals surface area contributed by atoms with Crippen LogP contribution in [0.3, 0.4) is 0 Å². The van der Waals surface area contributed by atoms with Crippen molar-refractivity contribution in [2.24, 2.45) is 0 Å². The van der Waals surface area contributed by atoms with Gasteiger partial charge < -0.3 is 18.9 Å². The van der Waals surface area contributed by atoms with Crippen LogP contribution in [0.4, 0.5) is 0 Å². The van der Waals surface area contributed by atoms with Crippen molar-refractivity contribution in [2.45, 2.75) is 37.8 Å². The first kappa shape index (κ1) is 16.8. The lowest BCUT2D eigenvalue weighted by Gasteiger charge is -2.46. The summed E-state index contributed by atoms with van der Waals surface area (Å²) in [6.07, 6.45) is 4.88. The Balaban J connectivity index is 1.65. The standard InChI is InChI=1S/C22H25NO4/c1-24-18-7-6-14(10-19(18)25-2)22-17-12-21-20(26-13-27-21)11-15(17)9-16-5-3-4-8-23(16)22/h6-7,10-12,16,22H,3-5,8-9,13H2,1-2H3/t16-,22+/m0/s1. The molecule has 1 saturated heterocycles. The summed E-state index contributed by atoms with van der Waals surface area (Å²) in [5.41, 5.74) is 3.94. The molecule has 2 aromatic rings. The molecule has 2 aromatic carbocycles. The molecule has 0 amide bonds. The maximum Gasteiger partial charge on any atom is 0.231 e. The first-order valence-corrected chi connectivity index (χ1v) is 9.68. The van der Waals surface area contributed by atoms with Crippen LogP contribution in [-0.2, 0) is 6.42 Å². The Morgan fingerprint density at radius 1 is 0.963 bits per heavy atom. The van der Waals surface area contributed by atoms with Crippen LogP contribution in [0.2, 0.25) is 0 Å². The van der Waals surface area contributed by atoms with E-state index in [1.54, 1.807) is 14.2 Å². The Bertz CT molecular complexity index is 866. The third-order valence-corrected chi connectivity index (χ3v) is 6.11. The van der Waals surface area contributed by atoms with Gasteiger partial charge in [-0.05, 0) is 66.8 Å². The van der Waals surface area contributed by atoms with Crippen LogP contribution in [0, 0.1) is 0 Å². The van der Waals surface area contributed by atoms with E-state index in [1.807, 2.05) is 6.07 Å². The van der Waals surface area contributed by atoms with Crippen molar-refractivity contribution >= 4 is 0 Å². The fourth-order valence-corrected chi connectivity index (χ4v) is 4.84. The monoisotopic (exact) mass is 367 g/mol. The summed E-state index contributed by atoms with van der Waals surface area (Å²) in [5.74, 6) is 3.27. The highest BCUT2D eigenvalue weighted by molar-refractivity contribution is 5.54. The normalized spacial score (nSPS) is 23.5. The van der Waals surface area contributed by atoms with E-state index in [1.165, 1.54) is 36.0 Å². The molecule has 5 nitrogen and oxygen atoms in total. The van der Waals surface area contributed by atoms with Crippen LogP contribution in [0.25, 0.3) is 0 Å². The fourth-order valence-electron chi connectivity index (χ4n) is 4.84. The number of piperidine rings is 1. The molecule has 2 atom stereocenters. The molecule has 3 heterocycles. The number of benzene rings is 2. The SMILES string of the molecule is COc1ccc([C@@H]2c3cc4c(cc3C[C@@H]3CCCCN32)OCO4)cc1OC. The zero-order valence-corrected chi connectivity index (χ0v) is 15.9. The van der Waals surface area contributed by atoms with Crippen molar-refractivity contribution in [1.82, 2.24) is 4.90 Å². The maximum atomic E-state index is 5.68. The van der Waals surface area contributed by atoms with Gasteiger partial charge in [0, 0.05) is 6.04 Å². The molecule has 0 N–H and O–H groups in total. The van der Waals surface area contributed by atoms with Gasteiger partial charge in [-0.1, -0.05) is 12.5 Å². The van der Waals surface area contributed by atoms with E-state index in [0.29, 0.717) is 12.8 Å². The molecule has 3 aliphatic heterocycles. The molecule has 0 bridgehead atoms. The summed E-state index contributed by atoms with van der Waals surface area (Å²) in [4.78, 5) is 2.66. The van der Waals surface area contributed by atoms with Gasteiger partial charge in [0.05, 0.1) is 20.3 Å². The molecule has 27 heavy (non-hydrogen) atoms. The Labute approximate surface area is 159 Å². The van der Waals surface area contributed by atoms with Gasteiger partial charge in [-0.3, -0.25) is 4.90 Å². The maximum absolute atomic E-state index is 5.68. The average molecular weight is 367 g/mol. The predicted molar refractivity (Wildman–Crippen MR) is 102 cm³/mol. The number of rotatable bonds is 3. The Kier molecular flexibility index (Phi) is 4.12. The predicted octanol–water partition coefficient (Wildman–Crippen LogP) is 3.93. The highest BCUT2D eigenvalue weighted by Gasteiger charge is 2.38. The molecule has 5 rings (SSSR count). The van der Waals surface area contributed by atoms with Gasteiger partial charge in [0.25, 0.3) is 0 Å². The molecule has 3 aliphatic rings. The van der Waals surface area contributed by atoms with E-state index in [0.717, 1.165) is 36.0 Å². The van der Waals surface area contributed by atoms with Gasteiger partial charge >= 0.3 is 0 Å². The summed E-state index contributed by atoms with van der Waals surface area (Å²) in [5, 5.41) is 0. The lowest BCUT2D eigenvalue weighted by Crippen LogP contribution is -2.46. The third-order valence-electron chi connectivity index (χ3n) is 6.11. The first-order valence-electron chi connectivity index (χ1n) is 9.68. The summed E-state index contributed by atoms with van der Waals surface area (Å²) < 4.78 is 22.3. The van der Waals surface area contributed by atoms with E-state index >= 15 is 0 Å². The molecule has 142 valence electrons. The van der Waals surface area contributed by atoms with Gasteiger partial charge in [0.1, 0.15) is 0 Å². The third kappa shape index (κ3) is 2.72. The van der Waals surface area contributed by atoms with Gasteiger partial charge in [0.15, 0.2) is 23.0 Å². The number of methoxy groups -OCH3 is 2. The molecule has 0 radical (unpaired) electrons. The van der Waals surface area contributed by atoms with E-state index < -0.39 is 0 Å². The van der Waals surface area contributed by atoms with Crippen molar-refractivity contribution in [2.75, 3.05) is 27.6 Å². The first-order chi connectivity index (χ1) is 13.3. The highest BCUT2D eigenvalue weighted by Crippen LogP contribution is 2.47. The van der Waals surface area contributed by atoms with E-state index in [9.17, 15) is 0 Å². The van der Waals surface area contributed by atoms with Crippen LogP contribution in [0.1, 0.15) is 42.0 Å². The van der Waals surface area contributed by atoms with Crippen molar-refractivity contribution in [1.29, 1.82) is 0 Å². The fraction of sp³-hybridized carbons (Fsp3) is 0.455. The lowest BCUT2D eigenvalue weighted by atomic mass is 9.81. The van der Waals surface area contributed by atoms with Gasteiger partial charge in [0.2, 0.25) is 6.79 Å². The number of nitrogens with zero attached hydrogens (tertiary/aromatic N) is 1. The quantitative estimate of drug-likeness (QED) is 0.822. The Morgan fingerprint density at radius 2 is 1.78 bits per heavy atom. The van der Waals surface area contributed by atoms with Crippen LogP contribution >= 0.6 is 0 Å². The second kappa shape index (κ2) is 6.64. The largest absolute Gasteiger partial charge is 0.493 e. The van der Waals surface area contributed by atoms with E-state index in [2.05, 4.69) is 29.2 Å². The van der Waals surface area contributed by atoms with Crippen LogP contribution in [-0.4, -0.2) is 38.5 Å². The van der Waals surface area contributed by atoms with Gasteiger partial charge in [-0.25, -0.2) is 0 Å². The zero-order chi connectivity index (χ0) is 18.4.